The number of alkyl halides is 3. The second-order valence-electron chi connectivity index (χ2n) is 7.68. The van der Waals surface area contributed by atoms with Crippen LogP contribution in [0.15, 0.2) is 30.3 Å². The molecule has 0 unspecified atom stereocenters. The van der Waals surface area contributed by atoms with E-state index in [9.17, 15) is 18.0 Å². The molecule has 10 heteroatoms. The molecule has 2 saturated heterocycles. The lowest BCUT2D eigenvalue weighted by Crippen LogP contribution is -2.39. The SMILES string of the molecule is COC[C@H]1CN(C)C[C@@]12CCN(C(=O)COc1ccccc1)C2.O=C(O)C(F)(F)F. The fourth-order valence-corrected chi connectivity index (χ4v) is 4.06. The van der Waals surface area contributed by atoms with Crippen molar-refractivity contribution in [3.05, 3.63) is 30.3 Å². The molecule has 7 nitrogen and oxygen atoms in total. The van der Waals surface area contributed by atoms with Crippen molar-refractivity contribution in [1.82, 2.24) is 9.80 Å². The standard InChI is InChI=1S/C18H26N2O3.C2HF3O2/c1-19-10-15(11-22-2)18(13-19)8-9-20(14-18)17(21)12-23-16-6-4-3-5-7-16;3-2(4,5)1(6)7/h3-7,15H,8-14H2,1-2H3;(H,6,7)/t15-,18-;/m1./s1. The molecule has 0 saturated carbocycles. The van der Waals surface area contributed by atoms with E-state index in [4.69, 9.17) is 19.4 Å². The van der Waals surface area contributed by atoms with E-state index in [1.807, 2.05) is 35.2 Å². The molecule has 30 heavy (non-hydrogen) atoms. The Kier molecular flexibility index (Phi) is 8.08. The zero-order valence-electron chi connectivity index (χ0n) is 17.0. The first kappa shape index (κ1) is 23.9. The minimum Gasteiger partial charge on any atom is -0.484 e. The van der Waals surface area contributed by atoms with Gasteiger partial charge in [0, 0.05) is 44.6 Å². The van der Waals surface area contributed by atoms with Crippen molar-refractivity contribution in [2.45, 2.75) is 12.6 Å². The Labute approximate surface area is 173 Å². The molecule has 1 aromatic carbocycles. The summed E-state index contributed by atoms with van der Waals surface area (Å²) < 4.78 is 42.7. The average molecular weight is 432 g/mol. The van der Waals surface area contributed by atoms with Crippen LogP contribution in [0.25, 0.3) is 0 Å². The van der Waals surface area contributed by atoms with Crippen molar-refractivity contribution in [2.24, 2.45) is 11.3 Å². The lowest BCUT2D eigenvalue weighted by Gasteiger charge is -2.30. The van der Waals surface area contributed by atoms with E-state index in [0.29, 0.717) is 5.92 Å². The molecule has 2 aliphatic heterocycles. The van der Waals surface area contributed by atoms with E-state index < -0.39 is 12.1 Å². The summed E-state index contributed by atoms with van der Waals surface area (Å²) in [5.74, 6) is -1.43. The van der Waals surface area contributed by atoms with Gasteiger partial charge in [-0.1, -0.05) is 18.2 Å². The van der Waals surface area contributed by atoms with Crippen molar-refractivity contribution < 1.29 is 37.3 Å². The van der Waals surface area contributed by atoms with Gasteiger partial charge in [-0.15, -0.1) is 0 Å². The molecule has 1 amide bonds. The fourth-order valence-electron chi connectivity index (χ4n) is 4.06. The number of carbonyl (C=O) groups is 2. The van der Waals surface area contributed by atoms with Gasteiger partial charge in [0.2, 0.25) is 0 Å². The number of carbonyl (C=O) groups excluding carboxylic acids is 1. The molecule has 0 radical (unpaired) electrons. The normalized spacial score (nSPS) is 23.9. The molecule has 1 spiro atoms. The first-order valence-corrected chi connectivity index (χ1v) is 9.50. The molecule has 1 N–H and O–H groups in total. The molecule has 0 aromatic heterocycles. The van der Waals surface area contributed by atoms with Gasteiger partial charge in [-0.25, -0.2) is 4.79 Å². The monoisotopic (exact) mass is 432 g/mol. The van der Waals surface area contributed by atoms with Crippen LogP contribution in [0.3, 0.4) is 0 Å². The number of aliphatic carboxylic acids is 1. The minimum atomic E-state index is -5.08. The predicted octanol–water partition coefficient (Wildman–Crippen LogP) is 2.13. The lowest BCUT2D eigenvalue weighted by molar-refractivity contribution is -0.192. The fraction of sp³-hybridized carbons (Fsp3) is 0.600. The predicted molar refractivity (Wildman–Crippen MR) is 102 cm³/mol. The smallest absolute Gasteiger partial charge is 0.484 e. The summed E-state index contributed by atoms with van der Waals surface area (Å²) in [5.41, 5.74) is 0.188. The van der Waals surface area contributed by atoms with Gasteiger partial charge < -0.3 is 24.4 Å². The molecule has 1 aromatic rings. The Morgan fingerprint density at radius 1 is 1.23 bits per heavy atom. The molecule has 168 valence electrons. The quantitative estimate of drug-likeness (QED) is 0.768. The highest BCUT2D eigenvalue weighted by molar-refractivity contribution is 5.78. The van der Waals surface area contributed by atoms with Crippen molar-refractivity contribution in [3.8, 4) is 5.75 Å². The Bertz CT molecular complexity index is 716. The number of halogens is 3. The summed E-state index contributed by atoms with van der Waals surface area (Å²) >= 11 is 0. The van der Waals surface area contributed by atoms with Crippen LogP contribution in [-0.4, -0.2) is 86.5 Å². The summed E-state index contributed by atoms with van der Waals surface area (Å²) in [4.78, 5) is 25.7. The first-order valence-electron chi connectivity index (χ1n) is 9.50. The van der Waals surface area contributed by atoms with Crippen LogP contribution in [0.1, 0.15) is 6.42 Å². The van der Waals surface area contributed by atoms with Crippen molar-refractivity contribution in [3.63, 3.8) is 0 Å². The van der Waals surface area contributed by atoms with Gasteiger partial charge in [-0.05, 0) is 25.6 Å². The number of methoxy groups -OCH3 is 1. The third kappa shape index (κ3) is 6.33. The highest BCUT2D eigenvalue weighted by Gasteiger charge is 2.50. The molecule has 2 fully saturated rings. The van der Waals surface area contributed by atoms with Gasteiger partial charge in [0.05, 0.1) is 6.61 Å². The van der Waals surface area contributed by atoms with E-state index in [0.717, 1.165) is 45.0 Å². The third-order valence-corrected chi connectivity index (χ3v) is 5.44. The van der Waals surface area contributed by atoms with E-state index in [1.54, 1.807) is 7.11 Å². The van der Waals surface area contributed by atoms with Crippen LogP contribution in [0, 0.1) is 11.3 Å². The lowest BCUT2D eigenvalue weighted by atomic mass is 9.78. The topological polar surface area (TPSA) is 79.3 Å². The summed E-state index contributed by atoms with van der Waals surface area (Å²) in [6, 6.07) is 9.51. The van der Waals surface area contributed by atoms with Crippen LogP contribution in [-0.2, 0) is 14.3 Å². The summed E-state index contributed by atoms with van der Waals surface area (Å²) in [6.07, 6.45) is -4.03. The molecular weight excluding hydrogens is 405 g/mol. The van der Waals surface area contributed by atoms with Gasteiger partial charge >= 0.3 is 12.1 Å². The first-order chi connectivity index (χ1) is 14.1. The molecule has 2 heterocycles. The van der Waals surface area contributed by atoms with Crippen molar-refractivity contribution in [1.29, 1.82) is 0 Å². The number of amides is 1. The van der Waals surface area contributed by atoms with Gasteiger partial charge in [0.15, 0.2) is 6.61 Å². The number of benzene rings is 1. The Morgan fingerprint density at radius 2 is 1.87 bits per heavy atom. The Balaban J connectivity index is 0.000000396. The number of nitrogens with zero attached hydrogens (tertiary/aromatic N) is 2. The molecule has 2 atom stereocenters. The number of hydrogen-bond acceptors (Lipinski definition) is 5. The van der Waals surface area contributed by atoms with Gasteiger partial charge in [-0.2, -0.15) is 13.2 Å². The maximum atomic E-state index is 12.5. The zero-order valence-corrected chi connectivity index (χ0v) is 17.0. The number of rotatable bonds is 5. The van der Waals surface area contributed by atoms with Gasteiger partial charge in [0.1, 0.15) is 5.75 Å². The third-order valence-electron chi connectivity index (χ3n) is 5.44. The number of carboxylic acids is 1. The average Bonchev–Trinajstić information content (AvgIpc) is 3.24. The number of likely N-dealkylation sites (tertiary alicyclic amines) is 2. The van der Waals surface area contributed by atoms with Crippen LogP contribution < -0.4 is 4.74 Å². The maximum absolute atomic E-state index is 12.5. The van der Waals surface area contributed by atoms with Crippen LogP contribution in [0.5, 0.6) is 5.75 Å². The van der Waals surface area contributed by atoms with E-state index in [1.165, 1.54) is 0 Å². The molecule has 0 bridgehead atoms. The summed E-state index contributed by atoms with van der Waals surface area (Å²) in [5, 5.41) is 7.12. The summed E-state index contributed by atoms with van der Waals surface area (Å²) in [7, 11) is 3.91. The van der Waals surface area contributed by atoms with Crippen molar-refractivity contribution >= 4 is 11.9 Å². The van der Waals surface area contributed by atoms with E-state index in [-0.39, 0.29) is 17.9 Å². The minimum absolute atomic E-state index is 0.0800. The molecule has 0 aliphatic carbocycles. The Hall–Kier alpha value is -2.33. The second kappa shape index (κ2) is 10.1. The van der Waals surface area contributed by atoms with E-state index >= 15 is 0 Å². The number of para-hydroxylation sites is 1. The second-order valence-corrected chi connectivity index (χ2v) is 7.68. The number of hydrogen-bond donors (Lipinski definition) is 1. The van der Waals surface area contributed by atoms with Gasteiger partial charge in [-0.3, -0.25) is 4.79 Å². The Morgan fingerprint density at radius 3 is 2.43 bits per heavy atom. The van der Waals surface area contributed by atoms with Gasteiger partial charge in [0.25, 0.3) is 5.91 Å². The highest BCUT2D eigenvalue weighted by atomic mass is 19.4. The maximum Gasteiger partial charge on any atom is 0.490 e. The largest absolute Gasteiger partial charge is 0.490 e. The zero-order chi connectivity index (χ0) is 22.4. The van der Waals surface area contributed by atoms with Crippen LogP contribution in [0.4, 0.5) is 13.2 Å². The van der Waals surface area contributed by atoms with E-state index in [2.05, 4.69) is 11.9 Å². The highest BCUT2D eigenvalue weighted by Crippen LogP contribution is 2.43. The number of carboxylic acid groups (broad SMARTS) is 1. The van der Waals surface area contributed by atoms with Crippen LogP contribution in [0.2, 0.25) is 0 Å². The molecular formula is C20H27F3N2O5. The summed E-state index contributed by atoms with van der Waals surface area (Å²) in [6.45, 7) is 4.63. The molecule has 2 aliphatic rings. The van der Waals surface area contributed by atoms with Crippen LogP contribution >= 0.6 is 0 Å². The van der Waals surface area contributed by atoms with Crippen molar-refractivity contribution in [2.75, 3.05) is 53.6 Å². The number of ether oxygens (including phenoxy) is 2. The molecule has 3 rings (SSSR count).